The summed E-state index contributed by atoms with van der Waals surface area (Å²) in [4.78, 5) is 13.9. The summed E-state index contributed by atoms with van der Waals surface area (Å²) in [6.45, 7) is 0. The molecule has 0 bridgehead atoms. The van der Waals surface area contributed by atoms with Crippen molar-refractivity contribution in [1.82, 2.24) is 0 Å². The second kappa shape index (κ2) is 5.30. The average molecular weight is 245 g/mol. The Morgan fingerprint density at radius 3 is 2.47 bits per heavy atom. The maximum Gasteiger partial charge on any atom is 0.240 e. The average Bonchev–Trinajstić information content (AvgIpc) is 2.35. The summed E-state index contributed by atoms with van der Waals surface area (Å²) in [5.41, 5.74) is 2.18. The van der Waals surface area contributed by atoms with Crippen LogP contribution >= 0.6 is 11.6 Å². The fraction of sp³-hybridized carbons (Fsp3) is 0. The van der Waals surface area contributed by atoms with Crippen molar-refractivity contribution >= 4 is 34.7 Å². The zero-order valence-corrected chi connectivity index (χ0v) is 9.61. The lowest BCUT2D eigenvalue weighted by molar-refractivity contribution is 0.565. The molecule has 3 nitrogen and oxygen atoms in total. The van der Waals surface area contributed by atoms with Crippen molar-refractivity contribution in [3.63, 3.8) is 0 Å². The fourth-order valence-electron chi connectivity index (χ4n) is 1.41. The molecule has 1 N–H and O–H groups in total. The molecule has 0 aliphatic rings. The number of benzene rings is 2. The number of anilines is 2. The number of halogens is 1. The van der Waals surface area contributed by atoms with Gasteiger partial charge in [-0.1, -0.05) is 23.7 Å². The Kier molecular flexibility index (Phi) is 3.55. The van der Waals surface area contributed by atoms with Crippen LogP contribution in [0.2, 0.25) is 5.02 Å². The van der Waals surface area contributed by atoms with E-state index in [9.17, 15) is 4.79 Å². The molecule has 2 aromatic rings. The quantitative estimate of drug-likeness (QED) is 0.654. The Bertz CT molecular complexity index is 560. The van der Waals surface area contributed by atoms with E-state index in [4.69, 9.17) is 11.6 Å². The molecule has 0 aliphatic heterocycles. The number of hydrogen-bond donors (Lipinski definition) is 1. The summed E-state index contributed by atoms with van der Waals surface area (Å²) < 4.78 is 0. The highest BCUT2D eigenvalue weighted by atomic mass is 35.5. The van der Waals surface area contributed by atoms with Crippen LogP contribution in [0.1, 0.15) is 0 Å². The van der Waals surface area contributed by atoms with E-state index in [0.29, 0.717) is 10.7 Å². The molecular weight excluding hydrogens is 236 g/mol. The number of para-hydroxylation sites is 2. The third-order valence-corrected chi connectivity index (χ3v) is 2.45. The SMILES string of the molecule is O=C=Nc1ccccc1Nc1ccc(Cl)cc1. The molecule has 0 atom stereocenters. The first-order valence-electron chi connectivity index (χ1n) is 4.99. The number of nitrogens with zero attached hydrogens (tertiary/aromatic N) is 1. The number of nitrogens with one attached hydrogen (secondary N) is 1. The van der Waals surface area contributed by atoms with Gasteiger partial charge in [-0.25, -0.2) is 4.79 Å². The van der Waals surface area contributed by atoms with Crippen LogP contribution in [0, 0.1) is 0 Å². The highest BCUT2D eigenvalue weighted by molar-refractivity contribution is 6.30. The first kappa shape index (κ1) is 11.4. The van der Waals surface area contributed by atoms with Crippen LogP contribution in [0.5, 0.6) is 0 Å². The number of aliphatic imine (C=N–C) groups is 1. The topological polar surface area (TPSA) is 41.5 Å². The summed E-state index contributed by atoms with van der Waals surface area (Å²) in [6.07, 6.45) is 1.53. The maximum atomic E-state index is 10.3. The van der Waals surface area contributed by atoms with Crippen LogP contribution < -0.4 is 5.32 Å². The molecular formula is C13H9ClN2O. The molecule has 0 heterocycles. The Hall–Kier alpha value is -2.09. The smallest absolute Gasteiger partial charge is 0.240 e. The van der Waals surface area contributed by atoms with Crippen molar-refractivity contribution < 1.29 is 4.79 Å². The standard InChI is InChI=1S/C13H9ClN2O/c14-10-5-7-11(8-6-10)16-13-4-2-1-3-12(13)15-9-17/h1-8,16H. The predicted octanol–water partition coefficient (Wildman–Crippen LogP) is 4.05. The Balaban J connectivity index is 2.29. The molecule has 2 aromatic carbocycles. The van der Waals surface area contributed by atoms with Gasteiger partial charge in [-0.2, -0.15) is 4.99 Å². The minimum absolute atomic E-state index is 0.553. The second-order valence-electron chi connectivity index (χ2n) is 3.35. The largest absolute Gasteiger partial charge is 0.354 e. The second-order valence-corrected chi connectivity index (χ2v) is 3.79. The molecule has 17 heavy (non-hydrogen) atoms. The van der Waals surface area contributed by atoms with Gasteiger partial charge in [0.15, 0.2) is 0 Å². The van der Waals surface area contributed by atoms with Crippen molar-refractivity contribution in [2.45, 2.75) is 0 Å². The molecule has 0 aliphatic carbocycles. The van der Waals surface area contributed by atoms with Crippen molar-refractivity contribution in [2.24, 2.45) is 4.99 Å². The molecule has 4 heteroatoms. The van der Waals surface area contributed by atoms with Crippen LogP contribution in [0.15, 0.2) is 53.5 Å². The summed E-state index contributed by atoms with van der Waals surface area (Å²) >= 11 is 5.80. The van der Waals surface area contributed by atoms with Crippen LogP contribution in [-0.4, -0.2) is 6.08 Å². The van der Waals surface area contributed by atoms with Gasteiger partial charge in [0.1, 0.15) is 0 Å². The molecule has 0 aromatic heterocycles. The monoisotopic (exact) mass is 244 g/mol. The lowest BCUT2D eigenvalue weighted by atomic mass is 10.2. The number of carbonyl (C=O) groups excluding carboxylic acids is 1. The first-order valence-corrected chi connectivity index (χ1v) is 5.37. The molecule has 0 unspecified atom stereocenters. The van der Waals surface area contributed by atoms with Crippen molar-refractivity contribution in [3.8, 4) is 0 Å². The first-order chi connectivity index (χ1) is 8.29. The predicted molar refractivity (Wildman–Crippen MR) is 69.0 cm³/mol. The van der Waals surface area contributed by atoms with Crippen molar-refractivity contribution in [1.29, 1.82) is 0 Å². The van der Waals surface area contributed by atoms with Gasteiger partial charge < -0.3 is 5.32 Å². The maximum absolute atomic E-state index is 10.3. The van der Waals surface area contributed by atoms with Gasteiger partial charge in [0.05, 0.1) is 11.4 Å². The van der Waals surface area contributed by atoms with E-state index in [-0.39, 0.29) is 0 Å². The van der Waals surface area contributed by atoms with Crippen molar-refractivity contribution in [3.05, 3.63) is 53.6 Å². The summed E-state index contributed by atoms with van der Waals surface area (Å²) in [5, 5.41) is 3.83. The van der Waals surface area contributed by atoms with E-state index in [2.05, 4.69) is 10.3 Å². The zero-order chi connectivity index (χ0) is 12.1. The number of hydrogen-bond acceptors (Lipinski definition) is 3. The number of isocyanates is 1. The summed E-state index contributed by atoms with van der Waals surface area (Å²) in [6, 6.07) is 14.5. The van der Waals surface area contributed by atoms with Crippen LogP contribution in [0.4, 0.5) is 17.1 Å². The highest BCUT2D eigenvalue weighted by Crippen LogP contribution is 2.27. The van der Waals surface area contributed by atoms with E-state index in [1.807, 2.05) is 30.3 Å². The van der Waals surface area contributed by atoms with Gasteiger partial charge in [-0.05, 0) is 36.4 Å². The molecule has 0 amide bonds. The number of rotatable bonds is 3. The summed E-state index contributed by atoms with van der Waals surface area (Å²) in [5.74, 6) is 0. The van der Waals surface area contributed by atoms with E-state index in [0.717, 1.165) is 11.4 Å². The van der Waals surface area contributed by atoms with Gasteiger partial charge >= 0.3 is 0 Å². The molecule has 0 saturated carbocycles. The molecule has 0 fully saturated rings. The van der Waals surface area contributed by atoms with Crippen LogP contribution in [0.3, 0.4) is 0 Å². The van der Waals surface area contributed by atoms with E-state index in [1.54, 1.807) is 18.2 Å². The van der Waals surface area contributed by atoms with Gasteiger partial charge in [-0.3, -0.25) is 0 Å². The lowest BCUT2D eigenvalue weighted by Crippen LogP contribution is -1.89. The fourth-order valence-corrected chi connectivity index (χ4v) is 1.54. The van der Waals surface area contributed by atoms with Crippen LogP contribution in [-0.2, 0) is 4.79 Å². The van der Waals surface area contributed by atoms with E-state index < -0.39 is 0 Å². The van der Waals surface area contributed by atoms with Crippen LogP contribution in [0.25, 0.3) is 0 Å². The Labute approximate surface area is 104 Å². The molecule has 2 rings (SSSR count). The van der Waals surface area contributed by atoms with Crippen molar-refractivity contribution in [2.75, 3.05) is 5.32 Å². The third kappa shape index (κ3) is 2.94. The summed E-state index contributed by atoms with van der Waals surface area (Å²) in [7, 11) is 0. The Morgan fingerprint density at radius 1 is 1.06 bits per heavy atom. The van der Waals surface area contributed by atoms with E-state index in [1.165, 1.54) is 6.08 Å². The zero-order valence-electron chi connectivity index (χ0n) is 8.85. The van der Waals surface area contributed by atoms with Gasteiger partial charge in [0, 0.05) is 10.7 Å². The minimum atomic E-state index is 0.553. The van der Waals surface area contributed by atoms with Gasteiger partial charge in [0.25, 0.3) is 0 Å². The molecule has 0 saturated heterocycles. The lowest BCUT2D eigenvalue weighted by Gasteiger charge is -2.08. The van der Waals surface area contributed by atoms with Gasteiger partial charge in [0.2, 0.25) is 6.08 Å². The minimum Gasteiger partial charge on any atom is -0.354 e. The Morgan fingerprint density at radius 2 is 1.76 bits per heavy atom. The molecule has 84 valence electrons. The normalized spacial score (nSPS) is 9.47. The highest BCUT2D eigenvalue weighted by Gasteiger charge is 2.00. The molecule has 0 spiro atoms. The van der Waals surface area contributed by atoms with E-state index >= 15 is 0 Å². The van der Waals surface area contributed by atoms with Gasteiger partial charge in [-0.15, -0.1) is 0 Å². The third-order valence-electron chi connectivity index (χ3n) is 2.19. The molecule has 0 radical (unpaired) electrons.